The highest BCUT2D eigenvalue weighted by Crippen LogP contribution is 2.10. The Hall–Kier alpha value is 0.270. The third kappa shape index (κ3) is 5.09. The van der Waals surface area contributed by atoms with E-state index in [-0.39, 0.29) is 0 Å². The highest BCUT2D eigenvalue weighted by atomic mass is 32.2. The normalized spacial score (nSPS) is 16.8. The number of thioether (sulfide) groups is 1. The van der Waals surface area contributed by atoms with Crippen LogP contribution in [0.1, 0.15) is 20.3 Å². The van der Waals surface area contributed by atoms with Gasteiger partial charge in [0, 0.05) is 23.6 Å². The summed E-state index contributed by atoms with van der Waals surface area (Å²) in [4.78, 5) is 0. The summed E-state index contributed by atoms with van der Waals surface area (Å²) in [5.41, 5.74) is 11.2. The first-order valence-corrected chi connectivity index (χ1v) is 4.82. The summed E-state index contributed by atoms with van der Waals surface area (Å²) in [7, 11) is 0. The first-order chi connectivity index (χ1) is 4.70. The van der Waals surface area contributed by atoms with Gasteiger partial charge in [-0.25, -0.2) is 0 Å². The molecular formula is C7H18N2S. The first-order valence-electron chi connectivity index (χ1n) is 3.78. The largest absolute Gasteiger partial charge is 0.329 e. The molecule has 10 heavy (non-hydrogen) atoms. The van der Waals surface area contributed by atoms with E-state index >= 15 is 0 Å². The fourth-order valence-corrected chi connectivity index (χ4v) is 1.42. The fraction of sp³-hybridized carbons (Fsp3) is 1.00. The summed E-state index contributed by atoms with van der Waals surface area (Å²) in [5.74, 6) is 1.04. The molecule has 0 spiro atoms. The van der Waals surface area contributed by atoms with Gasteiger partial charge in [-0.15, -0.1) is 0 Å². The summed E-state index contributed by atoms with van der Waals surface area (Å²) in [6.07, 6.45) is 1.06. The van der Waals surface area contributed by atoms with E-state index in [1.807, 2.05) is 11.8 Å². The topological polar surface area (TPSA) is 52.0 Å². The number of hydrogen-bond donors (Lipinski definition) is 2. The zero-order chi connectivity index (χ0) is 7.98. The molecule has 0 saturated heterocycles. The molecular weight excluding hydrogens is 144 g/mol. The van der Waals surface area contributed by atoms with Crippen LogP contribution in [0, 0.1) is 0 Å². The molecule has 0 radical (unpaired) electrons. The Balaban J connectivity index is 3.17. The van der Waals surface area contributed by atoms with Crippen molar-refractivity contribution in [1.29, 1.82) is 0 Å². The second-order valence-electron chi connectivity index (χ2n) is 2.55. The molecule has 0 saturated carbocycles. The van der Waals surface area contributed by atoms with Crippen LogP contribution in [0.5, 0.6) is 0 Å². The number of hydrogen-bond acceptors (Lipinski definition) is 3. The Labute approximate surface area is 67.7 Å². The zero-order valence-electron chi connectivity index (χ0n) is 6.84. The molecule has 0 aliphatic carbocycles. The van der Waals surface area contributed by atoms with Gasteiger partial charge < -0.3 is 11.5 Å². The van der Waals surface area contributed by atoms with Gasteiger partial charge in [-0.2, -0.15) is 11.8 Å². The highest BCUT2D eigenvalue weighted by molar-refractivity contribution is 7.99. The van der Waals surface area contributed by atoms with Crippen LogP contribution in [0.4, 0.5) is 0 Å². The van der Waals surface area contributed by atoms with Gasteiger partial charge in [0.1, 0.15) is 0 Å². The Bertz CT molecular complexity index is 68.0. The van der Waals surface area contributed by atoms with Crippen molar-refractivity contribution in [3.8, 4) is 0 Å². The van der Waals surface area contributed by atoms with Gasteiger partial charge in [0.05, 0.1) is 0 Å². The third-order valence-corrected chi connectivity index (χ3v) is 2.83. The standard InChI is InChI=1S/C7H18N2S/c1-3-7(9)5-10-6(2)4-8/h6-7H,3-5,8-9H2,1-2H3. The van der Waals surface area contributed by atoms with Gasteiger partial charge in [0.15, 0.2) is 0 Å². The van der Waals surface area contributed by atoms with Gasteiger partial charge in [0.2, 0.25) is 0 Å². The van der Waals surface area contributed by atoms with Gasteiger partial charge in [-0.1, -0.05) is 13.8 Å². The van der Waals surface area contributed by atoms with Crippen LogP contribution in [0.25, 0.3) is 0 Å². The Morgan fingerprint density at radius 3 is 2.50 bits per heavy atom. The van der Waals surface area contributed by atoms with Crippen LogP contribution < -0.4 is 11.5 Å². The van der Waals surface area contributed by atoms with Crippen molar-refractivity contribution < 1.29 is 0 Å². The second kappa shape index (κ2) is 6.01. The molecule has 4 N–H and O–H groups in total. The van der Waals surface area contributed by atoms with Crippen molar-refractivity contribution in [2.75, 3.05) is 12.3 Å². The van der Waals surface area contributed by atoms with Crippen molar-refractivity contribution >= 4 is 11.8 Å². The number of nitrogens with two attached hydrogens (primary N) is 2. The van der Waals surface area contributed by atoms with Crippen LogP contribution in [0.15, 0.2) is 0 Å². The lowest BCUT2D eigenvalue weighted by atomic mass is 10.3. The minimum absolute atomic E-state index is 0.346. The smallest absolute Gasteiger partial charge is 0.0142 e. The van der Waals surface area contributed by atoms with Gasteiger partial charge in [0.25, 0.3) is 0 Å². The second-order valence-corrected chi connectivity index (χ2v) is 4.02. The van der Waals surface area contributed by atoms with Crippen LogP contribution >= 0.6 is 11.8 Å². The first kappa shape index (κ1) is 10.3. The predicted molar refractivity (Wildman–Crippen MR) is 49.2 cm³/mol. The molecule has 0 rings (SSSR count). The maximum Gasteiger partial charge on any atom is 0.0142 e. The summed E-state index contributed by atoms with van der Waals surface area (Å²) in [5, 5.41) is 0.553. The van der Waals surface area contributed by atoms with Crippen molar-refractivity contribution in [1.82, 2.24) is 0 Å². The van der Waals surface area contributed by atoms with Crippen molar-refractivity contribution in [2.45, 2.75) is 31.6 Å². The van der Waals surface area contributed by atoms with Gasteiger partial charge in [-0.3, -0.25) is 0 Å². The van der Waals surface area contributed by atoms with E-state index in [0.29, 0.717) is 11.3 Å². The quantitative estimate of drug-likeness (QED) is 0.629. The fourth-order valence-electron chi connectivity index (χ4n) is 0.474. The summed E-state index contributed by atoms with van der Waals surface area (Å²) in [6.45, 7) is 4.99. The molecule has 0 fully saturated rings. The molecule has 2 atom stereocenters. The van der Waals surface area contributed by atoms with Crippen molar-refractivity contribution in [2.24, 2.45) is 11.5 Å². The van der Waals surface area contributed by atoms with Crippen LogP contribution in [0.2, 0.25) is 0 Å². The summed E-state index contributed by atoms with van der Waals surface area (Å²) >= 11 is 1.86. The van der Waals surface area contributed by atoms with Gasteiger partial charge in [-0.05, 0) is 6.42 Å². The maximum atomic E-state index is 5.71. The van der Waals surface area contributed by atoms with Crippen LogP contribution in [0.3, 0.4) is 0 Å². The molecule has 0 aromatic heterocycles. The molecule has 62 valence electrons. The molecule has 0 bridgehead atoms. The lowest BCUT2D eigenvalue weighted by Crippen LogP contribution is -2.24. The molecule has 0 aromatic carbocycles. The summed E-state index contributed by atoms with van der Waals surface area (Å²) < 4.78 is 0. The van der Waals surface area contributed by atoms with E-state index in [4.69, 9.17) is 11.5 Å². The van der Waals surface area contributed by atoms with E-state index in [9.17, 15) is 0 Å². The predicted octanol–water partition coefficient (Wildman–Crippen LogP) is 0.804. The average molecular weight is 162 g/mol. The van der Waals surface area contributed by atoms with Crippen molar-refractivity contribution in [3.63, 3.8) is 0 Å². The highest BCUT2D eigenvalue weighted by Gasteiger charge is 2.02. The minimum atomic E-state index is 0.346. The molecule has 3 heteroatoms. The lowest BCUT2D eigenvalue weighted by molar-refractivity contribution is 0.722. The van der Waals surface area contributed by atoms with Crippen LogP contribution in [-0.4, -0.2) is 23.6 Å². The monoisotopic (exact) mass is 162 g/mol. The lowest BCUT2D eigenvalue weighted by Gasteiger charge is -2.11. The Morgan fingerprint density at radius 2 is 2.10 bits per heavy atom. The Kier molecular flexibility index (Phi) is 6.17. The van der Waals surface area contributed by atoms with E-state index in [1.54, 1.807) is 0 Å². The van der Waals surface area contributed by atoms with Crippen molar-refractivity contribution in [3.05, 3.63) is 0 Å². The molecule has 0 amide bonds. The molecule has 2 unspecified atom stereocenters. The van der Waals surface area contributed by atoms with Gasteiger partial charge >= 0.3 is 0 Å². The zero-order valence-corrected chi connectivity index (χ0v) is 7.66. The van der Waals surface area contributed by atoms with E-state index in [1.165, 1.54) is 0 Å². The maximum absolute atomic E-state index is 5.71. The van der Waals surface area contributed by atoms with E-state index < -0.39 is 0 Å². The number of rotatable bonds is 5. The molecule has 2 nitrogen and oxygen atoms in total. The molecule has 0 aliphatic heterocycles. The SMILES string of the molecule is CCC(N)CSC(C)CN. The van der Waals surface area contributed by atoms with Crippen LogP contribution in [-0.2, 0) is 0 Å². The average Bonchev–Trinajstić information content (AvgIpc) is 1.99. The Morgan fingerprint density at radius 1 is 1.50 bits per heavy atom. The molecule has 0 aliphatic rings. The third-order valence-electron chi connectivity index (χ3n) is 1.45. The van der Waals surface area contributed by atoms with E-state index in [0.717, 1.165) is 18.7 Å². The van der Waals surface area contributed by atoms with E-state index in [2.05, 4.69) is 13.8 Å². The minimum Gasteiger partial charge on any atom is -0.329 e. The molecule has 0 aromatic rings. The molecule has 0 heterocycles. The summed E-state index contributed by atoms with van der Waals surface area (Å²) in [6, 6.07) is 0.346.